The number of carbonyl (C=O) groups is 1. The lowest BCUT2D eigenvalue weighted by Crippen LogP contribution is -2.44. The van der Waals surface area contributed by atoms with E-state index in [0.717, 1.165) is 43.7 Å². The van der Waals surface area contributed by atoms with E-state index in [0.29, 0.717) is 18.9 Å². The van der Waals surface area contributed by atoms with Crippen LogP contribution in [0.2, 0.25) is 0 Å². The number of carbonyl (C=O) groups excluding carboxylic acids is 1. The van der Waals surface area contributed by atoms with Gasteiger partial charge in [0.05, 0.1) is 0 Å². The van der Waals surface area contributed by atoms with E-state index in [9.17, 15) is 4.79 Å². The molecule has 1 amide bonds. The molecule has 0 atom stereocenters. The summed E-state index contributed by atoms with van der Waals surface area (Å²) in [6, 6.07) is 7.10. The number of hydrogen-bond acceptors (Lipinski definition) is 4. The van der Waals surface area contributed by atoms with E-state index in [4.69, 9.17) is 9.47 Å². The molecule has 1 saturated carbocycles. The maximum absolute atomic E-state index is 11.1. The van der Waals surface area contributed by atoms with Gasteiger partial charge in [-0.1, -0.05) is 19.9 Å². The zero-order chi connectivity index (χ0) is 17.2. The van der Waals surface area contributed by atoms with Crippen LogP contribution in [0.1, 0.15) is 52.0 Å². The minimum absolute atomic E-state index is 0.0233. The Balaban J connectivity index is 1.51. The van der Waals surface area contributed by atoms with Crippen molar-refractivity contribution in [1.82, 2.24) is 10.6 Å². The molecule has 1 aliphatic carbocycles. The van der Waals surface area contributed by atoms with E-state index < -0.39 is 0 Å². The van der Waals surface area contributed by atoms with Gasteiger partial charge in [0.2, 0.25) is 12.7 Å². The molecule has 132 valence electrons. The van der Waals surface area contributed by atoms with Crippen LogP contribution in [-0.2, 0) is 10.2 Å². The molecule has 0 saturated heterocycles. The predicted octanol–water partition coefficient (Wildman–Crippen LogP) is 2.73. The van der Waals surface area contributed by atoms with E-state index in [1.807, 2.05) is 6.07 Å². The summed E-state index contributed by atoms with van der Waals surface area (Å²) < 4.78 is 10.9. The molecular weight excluding hydrogens is 304 g/mol. The second-order valence-electron chi connectivity index (χ2n) is 7.58. The summed E-state index contributed by atoms with van der Waals surface area (Å²) in [5.41, 5.74) is 1.28. The SMILES string of the molecule is CC(=O)NC1CCC(NCC(C)(C)c2ccc3c(c2)OCO3)CC1. The summed E-state index contributed by atoms with van der Waals surface area (Å²) >= 11 is 0. The van der Waals surface area contributed by atoms with Crippen molar-refractivity contribution in [2.24, 2.45) is 0 Å². The number of nitrogens with one attached hydrogen (secondary N) is 2. The molecule has 1 aliphatic heterocycles. The van der Waals surface area contributed by atoms with Gasteiger partial charge < -0.3 is 20.1 Å². The van der Waals surface area contributed by atoms with Crippen LogP contribution >= 0.6 is 0 Å². The summed E-state index contributed by atoms with van der Waals surface area (Å²) in [5, 5.41) is 6.75. The van der Waals surface area contributed by atoms with Gasteiger partial charge in [0, 0.05) is 31.0 Å². The molecule has 0 aromatic heterocycles. The summed E-state index contributed by atoms with van der Waals surface area (Å²) in [7, 11) is 0. The third-order valence-corrected chi connectivity index (χ3v) is 5.12. The number of hydrogen-bond donors (Lipinski definition) is 2. The summed E-state index contributed by atoms with van der Waals surface area (Å²) in [6.07, 6.45) is 4.34. The van der Waals surface area contributed by atoms with Gasteiger partial charge in [-0.25, -0.2) is 0 Å². The van der Waals surface area contributed by atoms with Crippen molar-refractivity contribution in [3.05, 3.63) is 23.8 Å². The van der Waals surface area contributed by atoms with Gasteiger partial charge in [0.1, 0.15) is 0 Å². The average molecular weight is 332 g/mol. The van der Waals surface area contributed by atoms with Crippen LogP contribution in [0.25, 0.3) is 0 Å². The smallest absolute Gasteiger partial charge is 0.231 e. The van der Waals surface area contributed by atoms with Crippen LogP contribution in [0.15, 0.2) is 18.2 Å². The van der Waals surface area contributed by atoms with Gasteiger partial charge in [0.15, 0.2) is 11.5 Å². The zero-order valence-corrected chi connectivity index (χ0v) is 14.9. The van der Waals surface area contributed by atoms with E-state index >= 15 is 0 Å². The van der Waals surface area contributed by atoms with Crippen LogP contribution in [0.3, 0.4) is 0 Å². The monoisotopic (exact) mass is 332 g/mol. The molecule has 1 aromatic rings. The first-order valence-corrected chi connectivity index (χ1v) is 8.85. The molecular formula is C19H28N2O3. The van der Waals surface area contributed by atoms with Gasteiger partial charge in [-0.05, 0) is 43.4 Å². The number of benzene rings is 1. The minimum Gasteiger partial charge on any atom is -0.454 e. The Labute approximate surface area is 144 Å². The average Bonchev–Trinajstić information content (AvgIpc) is 3.01. The molecule has 24 heavy (non-hydrogen) atoms. The predicted molar refractivity (Wildman–Crippen MR) is 93.5 cm³/mol. The summed E-state index contributed by atoms with van der Waals surface area (Å²) in [6.45, 7) is 7.33. The van der Waals surface area contributed by atoms with Crippen molar-refractivity contribution in [2.75, 3.05) is 13.3 Å². The molecule has 2 aliphatic rings. The van der Waals surface area contributed by atoms with E-state index in [1.54, 1.807) is 6.92 Å². The highest BCUT2D eigenvalue weighted by molar-refractivity contribution is 5.73. The van der Waals surface area contributed by atoms with Crippen molar-refractivity contribution in [1.29, 1.82) is 0 Å². The highest BCUT2D eigenvalue weighted by Gasteiger charge is 2.27. The number of rotatable bonds is 5. The number of amides is 1. The number of ether oxygens (including phenoxy) is 2. The molecule has 5 nitrogen and oxygen atoms in total. The largest absolute Gasteiger partial charge is 0.454 e. The molecule has 0 bridgehead atoms. The fraction of sp³-hybridized carbons (Fsp3) is 0.632. The minimum atomic E-state index is 0.0233. The third kappa shape index (κ3) is 4.01. The maximum Gasteiger partial charge on any atom is 0.231 e. The van der Waals surface area contributed by atoms with Gasteiger partial charge in [-0.2, -0.15) is 0 Å². The molecule has 1 fully saturated rings. The van der Waals surface area contributed by atoms with Crippen molar-refractivity contribution < 1.29 is 14.3 Å². The normalized spacial score (nSPS) is 23.1. The highest BCUT2D eigenvalue weighted by atomic mass is 16.7. The quantitative estimate of drug-likeness (QED) is 0.870. The lowest BCUT2D eigenvalue weighted by molar-refractivity contribution is -0.119. The molecule has 1 aromatic carbocycles. The molecule has 0 unspecified atom stereocenters. The Kier molecular flexibility index (Phi) is 4.99. The van der Waals surface area contributed by atoms with Crippen LogP contribution < -0.4 is 20.1 Å². The maximum atomic E-state index is 11.1. The molecule has 5 heteroatoms. The van der Waals surface area contributed by atoms with Crippen LogP contribution in [0.4, 0.5) is 0 Å². The first-order valence-electron chi connectivity index (χ1n) is 8.85. The standard InChI is InChI=1S/C19H28N2O3/c1-13(22)21-16-7-5-15(6-8-16)20-11-19(2,3)14-4-9-17-18(10-14)24-12-23-17/h4,9-10,15-16,20H,5-8,11-12H2,1-3H3,(H,21,22). The van der Waals surface area contributed by atoms with Crippen LogP contribution in [0, 0.1) is 0 Å². The van der Waals surface area contributed by atoms with Crippen LogP contribution in [0.5, 0.6) is 11.5 Å². The Bertz CT molecular complexity index is 592. The van der Waals surface area contributed by atoms with E-state index in [1.165, 1.54) is 5.56 Å². The summed E-state index contributed by atoms with van der Waals surface area (Å²) in [4.78, 5) is 11.1. The van der Waals surface area contributed by atoms with Gasteiger partial charge >= 0.3 is 0 Å². The fourth-order valence-electron chi connectivity index (χ4n) is 3.55. The Morgan fingerprint density at radius 2 is 1.79 bits per heavy atom. The van der Waals surface area contributed by atoms with Crippen molar-refractivity contribution in [2.45, 2.75) is 64.0 Å². The molecule has 1 heterocycles. The topological polar surface area (TPSA) is 59.6 Å². The lowest BCUT2D eigenvalue weighted by Gasteiger charge is -2.33. The molecule has 3 rings (SSSR count). The highest BCUT2D eigenvalue weighted by Crippen LogP contribution is 2.36. The lowest BCUT2D eigenvalue weighted by atomic mass is 9.83. The van der Waals surface area contributed by atoms with Crippen LogP contribution in [-0.4, -0.2) is 31.3 Å². The van der Waals surface area contributed by atoms with E-state index in [-0.39, 0.29) is 11.3 Å². The first-order chi connectivity index (χ1) is 11.4. The third-order valence-electron chi connectivity index (χ3n) is 5.12. The fourth-order valence-corrected chi connectivity index (χ4v) is 3.55. The second-order valence-corrected chi connectivity index (χ2v) is 7.58. The first kappa shape index (κ1) is 17.1. The van der Waals surface area contributed by atoms with Crippen molar-refractivity contribution in [3.63, 3.8) is 0 Å². The molecule has 0 radical (unpaired) electrons. The van der Waals surface area contributed by atoms with Crippen molar-refractivity contribution in [3.8, 4) is 11.5 Å². The van der Waals surface area contributed by atoms with Gasteiger partial charge in [-0.3, -0.25) is 4.79 Å². The van der Waals surface area contributed by atoms with Crippen molar-refractivity contribution >= 4 is 5.91 Å². The number of fused-ring (bicyclic) bond motifs is 1. The molecule has 2 N–H and O–H groups in total. The summed E-state index contributed by atoms with van der Waals surface area (Å²) in [5.74, 6) is 1.76. The Hall–Kier alpha value is -1.75. The van der Waals surface area contributed by atoms with Gasteiger partial charge in [-0.15, -0.1) is 0 Å². The Morgan fingerprint density at radius 3 is 2.50 bits per heavy atom. The zero-order valence-electron chi connectivity index (χ0n) is 14.9. The molecule has 0 spiro atoms. The van der Waals surface area contributed by atoms with Gasteiger partial charge in [0.25, 0.3) is 0 Å². The second kappa shape index (κ2) is 7.01. The Morgan fingerprint density at radius 1 is 1.12 bits per heavy atom. The van der Waals surface area contributed by atoms with E-state index in [2.05, 4.69) is 36.6 Å².